The Kier molecular flexibility index (Phi) is 5.48. The Hall–Kier alpha value is -0.100. The van der Waals surface area contributed by atoms with Gasteiger partial charge in [0.15, 0.2) is 0 Å². The third kappa shape index (κ3) is 3.47. The Morgan fingerprint density at radius 1 is 1.50 bits per heavy atom. The highest BCUT2D eigenvalue weighted by molar-refractivity contribution is 7.79. The van der Waals surface area contributed by atoms with Crippen LogP contribution in [0.25, 0.3) is 0 Å². The maximum atomic E-state index is 5.19. The molecule has 1 aliphatic heterocycles. The quantitative estimate of drug-likeness (QED) is 0.842. The number of ether oxygens (including phenoxy) is 1. The van der Waals surface area contributed by atoms with Crippen LogP contribution < -0.4 is 0 Å². The van der Waals surface area contributed by atoms with Crippen molar-refractivity contribution in [1.82, 2.24) is 9.88 Å². The van der Waals surface area contributed by atoms with E-state index < -0.39 is 0 Å². The van der Waals surface area contributed by atoms with E-state index in [1.807, 2.05) is 0 Å². The molecule has 0 aliphatic carbocycles. The Balaban J connectivity index is 2.04. The summed E-state index contributed by atoms with van der Waals surface area (Å²) in [5, 5.41) is 1.21. The second-order valence-electron chi connectivity index (χ2n) is 4.88. The van der Waals surface area contributed by atoms with Crippen molar-refractivity contribution < 1.29 is 4.74 Å². The van der Waals surface area contributed by atoms with Crippen molar-refractivity contribution in [2.75, 3.05) is 13.7 Å². The lowest BCUT2D eigenvalue weighted by atomic mass is 10.0. The van der Waals surface area contributed by atoms with Gasteiger partial charge in [0.05, 0.1) is 18.8 Å². The largest absolute Gasteiger partial charge is 0.378 e. The summed E-state index contributed by atoms with van der Waals surface area (Å²) in [4.78, 5) is 8.50. The SMILES string of the molecule is COCc1nc(CN2CCCCC2C)sc1CS. The third-order valence-corrected chi connectivity index (χ3v) is 5.14. The molecule has 0 amide bonds. The number of thiol groups is 1. The van der Waals surface area contributed by atoms with E-state index in [2.05, 4.69) is 24.5 Å². The molecular formula is C13H22N2OS2. The highest BCUT2D eigenvalue weighted by atomic mass is 32.1. The lowest BCUT2D eigenvalue weighted by Gasteiger charge is -2.32. The number of methoxy groups -OCH3 is 1. The highest BCUT2D eigenvalue weighted by Gasteiger charge is 2.20. The van der Waals surface area contributed by atoms with Gasteiger partial charge in [-0.1, -0.05) is 6.42 Å². The molecule has 0 spiro atoms. The van der Waals surface area contributed by atoms with Gasteiger partial charge in [-0.3, -0.25) is 4.90 Å². The van der Waals surface area contributed by atoms with Crippen LogP contribution in [0, 0.1) is 0 Å². The molecule has 0 aromatic carbocycles. The smallest absolute Gasteiger partial charge is 0.107 e. The van der Waals surface area contributed by atoms with Gasteiger partial charge in [0.1, 0.15) is 5.01 Å². The van der Waals surface area contributed by atoms with E-state index in [0.717, 1.165) is 18.0 Å². The van der Waals surface area contributed by atoms with Crippen molar-refractivity contribution in [2.24, 2.45) is 0 Å². The summed E-state index contributed by atoms with van der Waals surface area (Å²) >= 11 is 6.16. The summed E-state index contributed by atoms with van der Waals surface area (Å²) in [6, 6.07) is 0.688. The predicted octanol–water partition coefficient (Wildman–Crippen LogP) is 3.09. The first-order valence-electron chi connectivity index (χ1n) is 6.56. The van der Waals surface area contributed by atoms with E-state index in [1.165, 1.54) is 35.7 Å². The van der Waals surface area contributed by atoms with Gasteiger partial charge in [-0.25, -0.2) is 4.98 Å². The number of rotatable bonds is 5. The highest BCUT2D eigenvalue weighted by Crippen LogP contribution is 2.25. The summed E-state index contributed by atoms with van der Waals surface area (Å²) in [7, 11) is 1.72. The van der Waals surface area contributed by atoms with Crippen molar-refractivity contribution >= 4 is 24.0 Å². The maximum absolute atomic E-state index is 5.19. The third-order valence-electron chi connectivity index (χ3n) is 3.53. The van der Waals surface area contributed by atoms with Crippen molar-refractivity contribution in [3.05, 3.63) is 15.6 Å². The normalized spacial score (nSPS) is 21.4. The Labute approximate surface area is 119 Å². The summed E-state index contributed by atoms with van der Waals surface area (Å²) in [5.74, 6) is 0.756. The molecule has 0 N–H and O–H groups in total. The van der Waals surface area contributed by atoms with E-state index in [-0.39, 0.29) is 0 Å². The molecule has 2 heterocycles. The van der Waals surface area contributed by atoms with Gasteiger partial charge >= 0.3 is 0 Å². The summed E-state index contributed by atoms with van der Waals surface area (Å²) in [6.07, 6.45) is 4.00. The van der Waals surface area contributed by atoms with E-state index in [1.54, 1.807) is 18.4 Å². The second kappa shape index (κ2) is 6.89. The van der Waals surface area contributed by atoms with Crippen LogP contribution in [0.3, 0.4) is 0 Å². The summed E-state index contributed by atoms with van der Waals surface area (Å²) in [6.45, 7) is 5.11. The number of thiazole rings is 1. The van der Waals surface area contributed by atoms with Crippen molar-refractivity contribution in [1.29, 1.82) is 0 Å². The molecule has 1 atom stereocenters. The second-order valence-corrected chi connectivity index (χ2v) is 6.37. The molecule has 0 radical (unpaired) electrons. The lowest BCUT2D eigenvalue weighted by Crippen LogP contribution is -2.36. The van der Waals surface area contributed by atoms with Gasteiger partial charge < -0.3 is 4.74 Å². The van der Waals surface area contributed by atoms with E-state index in [9.17, 15) is 0 Å². The zero-order valence-electron chi connectivity index (χ0n) is 11.2. The van der Waals surface area contributed by atoms with Crippen molar-refractivity contribution in [3.8, 4) is 0 Å². The fourth-order valence-corrected chi connectivity index (χ4v) is 3.78. The van der Waals surface area contributed by atoms with Crippen molar-refractivity contribution in [3.63, 3.8) is 0 Å². The molecule has 18 heavy (non-hydrogen) atoms. The maximum Gasteiger partial charge on any atom is 0.107 e. The van der Waals surface area contributed by atoms with E-state index in [0.29, 0.717) is 12.6 Å². The molecule has 1 unspecified atom stereocenters. The van der Waals surface area contributed by atoms with Gasteiger partial charge in [-0.2, -0.15) is 12.6 Å². The molecule has 2 rings (SSSR count). The van der Waals surface area contributed by atoms with Crippen molar-refractivity contribution in [2.45, 2.75) is 51.1 Å². The molecule has 1 fully saturated rings. The molecule has 0 bridgehead atoms. The molecule has 1 aromatic rings. The minimum absolute atomic E-state index is 0.599. The Morgan fingerprint density at radius 3 is 3.00 bits per heavy atom. The van der Waals surface area contributed by atoms with Crippen LogP contribution in [0.4, 0.5) is 0 Å². The van der Waals surface area contributed by atoms with Crippen LogP contribution in [0.5, 0.6) is 0 Å². The molecule has 3 nitrogen and oxygen atoms in total. The topological polar surface area (TPSA) is 25.4 Å². The average Bonchev–Trinajstić information content (AvgIpc) is 2.75. The first-order valence-corrected chi connectivity index (χ1v) is 8.00. The van der Waals surface area contributed by atoms with Crippen LogP contribution >= 0.6 is 24.0 Å². The fourth-order valence-electron chi connectivity index (χ4n) is 2.44. The summed E-state index contributed by atoms with van der Waals surface area (Å²) < 4.78 is 5.19. The molecular weight excluding hydrogens is 264 g/mol. The first-order chi connectivity index (χ1) is 8.74. The Bertz CT molecular complexity index is 381. The zero-order valence-corrected chi connectivity index (χ0v) is 12.9. The molecule has 102 valence electrons. The van der Waals surface area contributed by atoms with Gasteiger partial charge in [0.2, 0.25) is 0 Å². The number of piperidine rings is 1. The number of likely N-dealkylation sites (tertiary alicyclic amines) is 1. The van der Waals surface area contributed by atoms with Crippen LogP contribution in [0.15, 0.2) is 0 Å². The van der Waals surface area contributed by atoms with E-state index in [4.69, 9.17) is 9.72 Å². The van der Waals surface area contributed by atoms with Gasteiger partial charge in [-0.15, -0.1) is 11.3 Å². The fraction of sp³-hybridized carbons (Fsp3) is 0.769. The monoisotopic (exact) mass is 286 g/mol. The first kappa shape index (κ1) is 14.3. The van der Waals surface area contributed by atoms with Crippen LogP contribution in [0.1, 0.15) is 41.8 Å². The lowest BCUT2D eigenvalue weighted by molar-refractivity contribution is 0.151. The van der Waals surface area contributed by atoms with Gasteiger partial charge in [0, 0.05) is 23.8 Å². The summed E-state index contributed by atoms with van der Waals surface area (Å²) in [5.41, 5.74) is 1.07. The zero-order chi connectivity index (χ0) is 13.0. The van der Waals surface area contributed by atoms with Gasteiger partial charge in [0.25, 0.3) is 0 Å². The van der Waals surface area contributed by atoms with Crippen LogP contribution in [0.2, 0.25) is 0 Å². The number of hydrogen-bond donors (Lipinski definition) is 1. The van der Waals surface area contributed by atoms with Gasteiger partial charge in [-0.05, 0) is 26.3 Å². The number of aromatic nitrogens is 1. The number of hydrogen-bond acceptors (Lipinski definition) is 5. The molecule has 1 aromatic heterocycles. The minimum atomic E-state index is 0.599. The van der Waals surface area contributed by atoms with Crippen LogP contribution in [-0.4, -0.2) is 29.6 Å². The minimum Gasteiger partial charge on any atom is -0.378 e. The van der Waals surface area contributed by atoms with E-state index >= 15 is 0 Å². The standard InChI is InChI=1S/C13H22N2OS2/c1-10-5-3-4-6-15(10)7-13-14-11(8-16-2)12(9-17)18-13/h10,17H,3-9H2,1-2H3. The Morgan fingerprint density at radius 2 is 2.33 bits per heavy atom. The molecule has 5 heteroatoms. The number of nitrogens with zero attached hydrogens (tertiary/aromatic N) is 2. The average molecular weight is 286 g/mol. The predicted molar refractivity (Wildman–Crippen MR) is 79.2 cm³/mol. The molecule has 1 aliphatic rings. The van der Waals surface area contributed by atoms with Crippen LogP contribution in [-0.2, 0) is 23.6 Å². The molecule has 0 saturated carbocycles. The molecule has 1 saturated heterocycles.